The Balaban J connectivity index is 1.47. The second-order valence-corrected chi connectivity index (χ2v) is 6.94. The first-order valence-corrected chi connectivity index (χ1v) is 8.39. The zero-order valence-electron chi connectivity index (χ0n) is 12.0. The number of likely N-dealkylation sites (tertiary alicyclic amines) is 1. The fourth-order valence-electron chi connectivity index (χ4n) is 3.36. The van der Waals surface area contributed by atoms with Gasteiger partial charge >= 0.3 is 0 Å². The zero-order chi connectivity index (χ0) is 13.9. The van der Waals surface area contributed by atoms with Gasteiger partial charge in [-0.1, -0.05) is 6.07 Å². The Bertz CT molecular complexity index is 434. The Morgan fingerprint density at radius 2 is 2.50 bits per heavy atom. The first-order valence-electron chi connectivity index (χ1n) is 7.51. The number of hydrogen-bond donors (Lipinski definition) is 2. The molecule has 1 aromatic heterocycles. The summed E-state index contributed by atoms with van der Waals surface area (Å²) in [6.07, 6.45) is 2.58. The van der Waals surface area contributed by atoms with Crippen LogP contribution in [0.5, 0.6) is 0 Å². The highest BCUT2D eigenvalue weighted by atomic mass is 32.1. The van der Waals surface area contributed by atoms with E-state index in [9.17, 15) is 4.79 Å². The highest BCUT2D eigenvalue weighted by Crippen LogP contribution is 2.24. The van der Waals surface area contributed by atoms with E-state index in [1.54, 1.807) is 11.3 Å². The zero-order valence-corrected chi connectivity index (χ0v) is 12.8. The van der Waals surface area contributed by atoms with Crippen LogP contribution in [0.15, 0.2) is 17.5 Å². The van der Waals surface area contributed by atoms with Gasteiger partial charge in [-0.2, -0.15) is 0 Å². The van der Waals surface area contributed by atoms with Gasteiger partial charge in [0, 0.05) is 24.0 Å². The number of carbonyl (C=O) groups excluding carboxylic acids is 1. The summed E-state index contributed by atoms with van der Waals surface area (Å²) in [6, 6.07) is 4.82. The lowest BCUT2D eigenvalue weighted by atomic mass is 9.94. The monoisotopic (exact) mass is 293 g/mol. The molecular weight excluding hydrogens is 270 g/mol. The predicted molar refractivity (Wildman–Crippen MR) is 81.8 cm³/mol. The third kappa shape index (κ3) is 3.22. The molecule has 110 valence electrons. The lowest BCUT2D eigenvalue weighted by Crippen LogP contribution is -2.41. The van der Waals surface area contributed by atoms with Gasteiger partial charge in [-0.05, 0) is 43.7 Å². The quantitative estimate of drug-likeness (QED) is 0.886. The van der Waals surface area contributed by atoms with Crippen molar-refractivity contribution in [3.05, 3.63) is 22.4 Å². The van der Waals surface area contributed by atoms with E-state index in [2.05, 4.69) is 33.9 Å². The average Bonchev–Trinajstić information content (AvgIpc) is 3.07. The third-order valence-corrected chi connectivity index (χ3v) is 5.44. The molecule has 1 amide bonds. The summed E-state index contributed by atoms with van der Waals surface area (Å²) in [5.41, 5.74) is 0. The van der Waals surface area contributed by atoms with Crippen LogP contribution in [-0.2, 0) is 4.79 Å². The summed E-state index contributed by atoms with van der Waals surface area (Å²) in [5, 5.41) is 8.73. The Kier molecular flexibility index (Phi) is 4.38. The first kappa shape index (κ1) is 14.0. The summed E-state index contributed by atoms with van der Waals surface area (Å²) in [5.74, 6) is 0.885. The number of thiophene rings is 1. The van der Waals surface area contributed by atoms with E-state index < -0.39 is 0 Å². The van der Waals surface area contributed by atoms with Crippen LogP contribution in [-0.4, -0.2) is 43.0 Å². The van der Waals surface area contributed by atoms with Crippen molar-refractivity contribution in [3.63, 3.8) is 0 Å². The van der Waals surface area contributed by atoms with Crippen LogP contribution in [0.2, 0.25) is 0 Å². The van der Waals surface area contributed by atoms with Gasteiger partial charge in [0.2, 0.25) is 5.91 Å². The molecule has 5 heteroatoms. The molecule has 3 rings (SSSR count). The van der Waals surface area contributed by atoms with Crippen LogP contribution in [0.25, 0.3) is 0 Å². The average molecular weight is 293 g/mol. The molecule has 2 aliphatic rings. The maximum absolute atomic E-state index is 12.1. The maximum atomic E-state index is 12.1. The molecule has 0 saturated carbocycles. The topological polar surface area (TPSA) is 44.4 Å². The minimum atomic E-state index is 0.116. The molecule has 0 aromatic carbocycles. The third-order valence-electron chi connectivity index (χ3n) is 4.39. The van der Waals surface area contributed by atoms with E-state index in [0.29, 0.717) is 12.6 Å². The number of rotatable bonds is 4. The summed E-state index contributed by atoms with van der Waals surface area (Å²) in [4.78, 5) is 15.7. The Hall–Kier alpha value is -0.910. The number of amides is 1. The van der Waals surface area contributed by atoms with Gasteiger partial charge in [0.25, 0.3) is 0 Å². The van der Waals surface area contributed by atoms with E-state index in [4.69, 9.17) is 0 Å². The van der Waals surface area contributed by atoms with Crippen molar-refractivity contribution in [1.82, 2.24) is 15.5 Å². The van der Waals surface area contributed by atoms with Crippen molar-refractivity contribution >= 4 is 17.2 Å². The molecule has 0 bridgehead atoms. The predicted octanol–water partition coefficient (Wildman–Crippen LogP) is 1.61. The number of hydrogen-bond acceptors (Lipinski definition) is 4. The van der Waals surface area contributed by atoms with Gasteiger partial charge in [0.1, 0.15) is 0 Å². The maximum Gasteiger partial charge on any atom is 0.234 e. The van der Waals surface area contributed by atoms with Crippen LogP contribution in [0.4, 0.5) is 0 Å². The lowest BCUT2D eigenvalue weighted by molar-refractivity contribution is -0.122. The SMILES string of the molecule is CC(NC(=O)CN1C[C@@H]2CCCN[C@@H]2C1)c1cccs1. The molecule has 2 saturated heterocycles. The van der Waals surface area contributed by atoms with Gasteiger partial charge in [-0.15, -0.1) is 11.3 Å². The summed E-state index contributed by atoms with van der Waals surface area (Å²) < 4.78 is 0. The summed E-state index contributed by atoms with van der Waals surface area (Å²) >= 11 is 1.69. The molecule has 0 spiro atoms. The highest BCUT2D eigenvalue weighted by molar-refractivity contribution is 7.10. The van der Waals surface area contributed by atoms with Gasteiger partial charge < -0.3 is 10.6 Å². The van der Waals surface area contributed by atoms with Crippen molar-refractivity contribution in [2.45, 2.75) is 31.8 Å². The first-order chi connectivity index (χ1) is 9.72. The molecule has 2 fully saturated rings. The van der Waals surface area contributed by atoms with Crippen molar-refractivity contribution < 1.29 is 4.79 Å². The molecule has 1 unspecified atom stereocenters. The number of nitrogens with one attached hydrogen (secondary N) is 2. The van der Waals surface area contributed by atoms with E-state index in [0.717, 1.165) is 25.6 Å². The Labute approximate surface area is 124 Å². The molecule has 2 N–H and O–H groups in total. The Morgan fingerprint density at radius 3 is 3.25 bits per heavy atom. The summed E-state index contributed by atoms with van der Waals surface area (Å²) in [7, 11) is 0. The number of carbonyl (C=O) groups is 1. The van der Waals surface area contributed by atoms with Gasteiger partial charge in [0.15, 0.2) is 0 Å². The van der Waals surface area contributed by atoms with E-state index in [1.807, 2.05) is 6.07 Å². The smallest absolute Gasteiger partial charge is 0.234 e. The van der Waals surface area contributed by atoms with Crippen LogP contribution in [0.3, 0.4) is 0 Å². The molecule has 1 aromatic rings. The number of fused-ring (bicyclic) bond motifs is 1. The molecule has 3 heterocycles. The normalized spacial score (nSPS) is 28.1. The van der Waals surface area contributed by atoms with Crippen molar-refractivity contribution in [2.24, 2.45) is 5.92 Å². The molecule has 2 aliphatic heterocycles. The molecule has 3 atom stereocenters. The number of nitrogens with zero attached hydrogens (tertiary/aromatic N) is 1. The minimum Gasteiger partial charge on any atom is -0.348 e. The van der Waals surface area contributed by atoms with Gasteiger partial charge in [-0.25, -0.2) is 0 Å². The molecule has 4 nitrogen and oxygen atoms in total. The van der Waals surface area contributed by atoms with Crippen molar-refractivity contribution in [1.29, 1.82) is 0 Å². The van der Waals surface area contributed by atoms with E-state index >= 15 is 0 Å². The molecular formula is C15H23N3OS. The van der Waals surface area contributed by atoms with Crippen molar-refractivity contribution in [2.75, 3.05) is 26.2 Å². The lowest BCUT2D eigenvalue weighted by Gasteiger charge is -2.24. The highest BCUT2D eigenvalue weighted by Gasteiger charge is 2.34. The largest absolute Gasteiger partial charge is 0.348 e. The van der Waals surface area contributed by atoms with E-state index in [1.165, 1.54) is 17.7 Å². The van der Waals surface area contributed by atoms with Crippen LogP contribution in [0, 0.1) is 5.92 Å². The molecule has 20 heavy (non-hydrogen) atoms. The van der Waals surface area contributed by atoms with Crippen molar-refractivity contribution in [3.8, 4) is 0 Å². The van der Waals surface area contributed by atoms with Gasteiger partial charge in [0.05, 0.1) is 12.6 Å². The molecule has 0 radical (unpaired) electrons. The number of piperidine rings is 1. The minimum absolute atomic E-state index is 0.116. The van der Waals surface area contributed by atoms with E-state index in [-0.39, 0.29) is 11.9 Å². The van der Waals surface area contributed by atoms with Crippen LogP contribution in [0.1, 0.15) is 30.7 Å². The molecule has 0 aliphatic carbocycles. The Morgan fingerprint density at radius 1 is 1.60 bits per heavy atom. The standard InChI is InChI=1S/C15H23N3OS/c1-11(14-5-3-7-20-14)17-15(19)10-18-8-12-4-2-6-16-13(12)9-18/h3,5,7,11-13,16H,2,4,6,8-10H2,1H3,(H,17,19)/t11?,12-,13+/m0/s1. The fraction of sp³-hybridized carbons (Fsp3) is 0.667. The fourth-order valence-corrected chi connectivity index (χ4v) is 4.10. The summed E-state index contributed by atoms with van der Waals surface area (Å²) in [6.45, 7) is 5.81. The van der Waals surface area contributed by atoms with Crippen LogP contribution < -0.4 is 10.6 Å². The second kappa shape index (κ2) is 6.24. The second-order valence-electron chi connectivity index (χ2n) is 5.96. The van der Waals surface area contributed by atoms with Gasteiger partial charge in [-0.3, -0.25) is 9.69 Å². The van der Waals surface area contributed by atoms with Crippen LogP contribution >= 0.6 is 11.3 Å².